The highest BCUT2D eigenvalue weighted by molar-refractivity contribution is 5.97. The fourth-order valence-electron chi connectivity index (χ4n) is 2.05. The molecule has 4 nitrogen and oxygen atoms in total. The molecule has 4 heteroatoms. The van der Waals surface area contributed by atoms with E-state index in [0.29, 0.717) is 0 Å². The van der Waals surface area contributed by atoms with Crippen LogP contribution in [0.15, 0.2) is 35.5 Å². The molecule has 1 aliphatic heterocycles. The lowest BCUT2D eigenvalue weighted by Gasteiger charge is -2.38. The monoisotopic (exact) mass is 233 g/mol. The number of anilines is 1. The summed E-state index contributed by atoms with van der Waals surface area (Å²) in [6, 6.07) is 10.3. The minimum absolute atomic E-state index is 0.360. The Morgan fingerprint density at radius 1 is 1.35 bits per heavy atom. The van der Waals surface area contributed by atoms with E-state index in [0.717, 1.165) is 25.2 Å². The van der Waals surface area contributed by atoms with Crippen molar-refractivity contribution >= 4 is 11.4 Å². The van der Waals surface area contributed by atoms with E-state index in [2.05, 4.69) is 22.2 Å². The molecule has 1 aromatic carbocycles. The van der Waals surface area contributed by atoms with Gasteiger partial charge in [0, 0.05) is 12.2 Å². The van der Waals surface area contributed by atoms with Gasteiger partial charge in [0.15, 0.2) is 0 Å². The smallest absolute Gasteiger partial charge is 0.106 e. The van der Waals surface area contributed by atoms with Crippen molar-refractivity contribution in [2.45, 2.75) is 18.9 Å². The number of nitrogens with zero attached hydrogens (tertiary/aromatic N) is 2. The largest absolute Gasteiger partial charge is 0.399 e. The molecule has 0 saturated carbocycles. The first-order valence-electron chi connectivity index (χ1n) is 5.83. The minimum Gasteiger partial charge on any atom is -0.399 e. The molecule has 0 spiro atoms. The number of rotatable bonds is 2. The number of nitrogens with two attached hydrogens (primary N) is 1. The van der Waals surface area contributed by atoms with Crippen molar-refractivity contribution in [3.8, 4) is 0 Å². The molecule has 0 aromatic heterocycles. The quantitative estimate of drug-likeness (QED) is 0.790. The molecule has 0 aliphatic carbocycles. The average molecular weight is 233 g/mol. The Morgan fingerprint density at radius 2 is 2.06 bits per heavy atom. The van der Waals surface area contributed by atoms with Crippen LogP contribution in [0.5, 0.6) is 0 Å². The summed E-state index contributed by atoms with van der Waals surface area (Å²) in [4.78, 5) is 7.15. The highest BCUT2D eigenvalue weighted by atomic mass is 16.6. The van der Waals surface area contributed by atoms with Crippen molar-refractivity contribution in [2.24, 2.45) is 10.9 Å². The second-order valence-corrected chi connectivity index (χ2v) is 4.65. The van der Waals surface area contributed by atoms with Crippen LogP contribution in [-0.2, 0) is 4.84 Å². The summed E-state index contributed by atoms with van der Waals surface area (Å²) in [5, 5.41) is 4.06. The summed E-state index contributed by atoms with van der Waals surface area (Å²) >= 11 is 0. The van der Waals surface area contributed by atoms with Gasteiger partial charge in [-0.1, -0.05) is 23.4 Å². The van der Waals surface area contributed by atoms with E-state index in [-0.39, 0.29) is 5.54 Å². The van der Waals surface area contributed by atoms with Gasteiger partial charge < -0.3 is 15.5 Å². The van der Waals surface area contributed by atoms with Gasteiger partial charge in [-0.05, 0) is 25.5 Å². The van der Waals surface area contributed by atoms with Crippen LogP contribution < -0.4 is 10.6 Å². The Morgan fingerprint density at radius 3 is 2.71 bits per heavy atom. The fourth-order valence-corrected chi connectivity index (χ4v) is 2.05. The van der Waals surface area contributed by atoms with Crippen LogP contribution in [0, 0.1) is 0 Å². The zero-order valence-corrected chi connectivity index (χ0v) is 10.4. The lowest BCUT2D eigenvalue weighted by molar-refractivity contribution is 0.208. The van der Waals surface area contributed by atoms with Crippen molar-refractivity contribution in [3.63, 3.8) is 0 Å². The van der Waals surface area contributed by atoms with E-state index in [1.165, 1.54) is 5.69 Å². The molecule has 1 aromatic rings. The first kappa shape index (κ1) is 11.9. The predicted molar refractivity (Wildman–Crippen MR) is 70.3 cm³/mol. The topological polar surface area (TPSA) is 50.8 Å². The molecule has 2 rings (SSSR count). The van der Waals surface area contributed by atoms with Gasteiger partial charge in [0.2, 0.25) is 0 Å². The predicted octanol–water partition coefficient (Wildman–Crippen LogP) is 1.62. The summed E-state index contributed by atoms with van der Waals surface area (Å²) in [7, 11) is 1.56. The SMILES string of the molecule is CON=C1CN(c2ccccc2)CCC1(C)N. The molecule has 1 saturated heterocycles. The zero-order chi connectivity index (χ0) is 12.3. The number of para-hydroxylation sites is 1. The van der Waals surface area contributed by atoms with Crippen molar-refractivity contribution in [2.75, 3.05) is 25.1 Å². The molecular weight excluding hydrogens is 214 g/mol. The Hall–Kier alpha value is -1.55. The maximum absolute atomic E-state index is 6.21. The molecule has 0 amide bonds. The number of oxime groups is 1. The van der Waals surface area contributed by atoms with Gasteiger partial charge in [0.25, 0.3) is 0 Å². The fraction of sp³-hybridized carbons (Fsp3) is 0.462. The van der Waals surface area contributed by atoms with Gasteiger partial charge >= 0.3 is 0 Å². The lowest BCUT2D eigenvalue weighted by atomic mass is 9.88. The van der Waals surface area contributed by atoms with Crippen LogP contribution >= 0.6 is 0 Å². The van der Waals surface area contributed by atoms with Gasteiger partial charge in [-0.3, -0.25) is 0 Å². The van der Waals surface area contributed by atoms with Crippen LogP contribution in [0.2, 0.25) is 0 Å². The minimum atomic E-state index is -0.360. The molecule has 1 unspecified atom stereocenters. The number of benzene rings is 1. The molecule has 0 radical (unpaired) electrons. The van der Waals surface area contributed by atoms with Gasteiger partial charge in [-0.2, -0.15) is 0 Å². The Balaban J connectivity index is 2.18. The van der Waals surface area contributed by atoms with Crippen LogP contribution in [0.1, 0.15) is 13.3 Å². The number of hydrogen-bond donors (Lipinski definition) is 1. The zero-order valence-electron chi connectivity index (χ0n) is 10.4. The summed E-state index contributed by atoms with van der Waals surface area (Å²) in [6.45, 7) is 3.68. The Kier molecular flexibility index (Phi) is 3.33. The van der Waals surface area contributed by atoms with Crippen molar-refractivity contribution in [1.29, 1.82) is 0 Å². The first-order valence-corrected chi connectivity index (χ1v) is 5.83. The number of hydrogen-bond acceptors (Lipinski definition) is 4. The average Bonchev–Trinajstić information content (AvgIpc) is 2.33. The van der Waals surface area contributed by atoms with E-state index in [1.54, 1.807) is 7.11 Å². The molecule has 1 heterocycles. The highest BCUT2D eigenvalue weighted by Crippen LogP contribution is 2.22. The molecule has 1 aliphatic rings. The third-order valence-corrected chi connectivity index (χ3v) is 3.22. The lowest BCUT2D eigenvalue weighted by Crippen LogP contribution is -2.56. The molecule has 2 N–H and O–H groups in total. The second kappa shape index (κ2) is 4.75. The summed E-state index contributed by atoms with van der Waals surface area (Å²) in [5.74, 6) is 0. The van der Waals surface area contributed by atoms with E-state index >= 15 is 0 Å². The van der Waals surface area contributed by atoms with Gasteiger partial charge in [0.05, 0.1) is 17.8 Å². The molecule has 1 atom stereocenters. The van der Waals surface area contributed by atoms with Crippen LogP contribution in [0.3, 0.4) is 0 Å². The standard InChI is InChI=1S/C13H19N3O/c1-13(14)8-9-16(10-12(13)15-17-2)11-6-4-3-5-7-11/h3-7H,8-10,14H2,1-2H3. The molecule has 17 heavy (non-hydrogen) atoms. The third kappa shape index (κ3) is 2.58. The summed E-state index contributed by atoms with van der Waals surface area (Å²) in [6.07, 6.45) is 0.879. The summed E-state index contributed by atoms with van der Waals surface area (Å²) in [5.41, 5.74) is 7.95. The molecule has 92 valence electrons. The van der Waals surface area contributed by atoms with E-state index in [9.17, 15) is 0 Å². The molecular formula is C13H19N3O. The van der Waals surface area contributed by atoms with Gasteiger partial charge in [0.1, 0.15) is 7.11 Å². The Bertz CT molecular complexity index is 400. The number of piperidine rings is 1. The van der Waals surface area contributed by atoms with E-state index < -0.39 is 0 Å². The maximum atomic E-state index is 6.21. The molecule has 1 fully saturated rings. The first-order chi connectivity index (χ1) is 8.13. The van der Waals surface area contributed by atoms with Gasteiger partial charge in [-0.15, -0.1) is 0 Å². The van der Waals surface area contributed by atoms with Crippen molar-refractivity contribution in [3.05, 3.63) is 30.3 Å². The van der Waals surface area contributed by atoms with Crippen LogP contribution in [0.4, 0.5) is 5.69 Å². The van der Waals surface area contributed by atoms with E-state index in [4.69, 9.17) is 10.6 Å². The highest BCUT2D eigenvalue weighted by Gasteiger charge is 2.33. The maximum Gasteiger partial charge on any atom is 0.106 e. The summed E-state index contributed by atoms with van der Waals surface area (Å²) < 4.78 is 0. The third-order valence-electron chi connectivity index (χ3n) is 3.22. The van der Waals surface area contributed by atoms with E-state index in [1.807, 2.05) is 25.1 Å². The van der Waals surface area contributed by atoms with Gasteiger partial charge in [-0.25, -0.2) is 0 Å². The second-order valence-electron chi connectivity index (χ2n) is 4.65. The normalized spacial score (nSPS) is 27.2. The van der Waals surface area contributed by atoms with Crippen molar-refractivity contribution < 1.29 is 4.84 Å². The van der Waals surface area contributed by atoms with Crippen LogP contribution in [-0.4, -0.2) is 31.4 Å². The van der Waals surface area contributed by atoms with Crippen molar-refractivity contribution in [1.82, 2.24) is 0 Å². The molecule has 0 bridgehead atoms. The Labute approximate surface area is 102 Å². The van der Waals surface area contributed by atoms with Crippen LogP contribution in [0.25, 0.3) is 0 Å².